The van der Waals surface area contributed by atoms with Crippen molar-refractivity contribution in [1.29, 1.82) is 0 Å². The lowest BCUT2D eigenvalue weighted by molar-refractivity contribution is 0.0990. The van der Waals surface area contributed by atoms with Crippen LogP contribution >= 0.6 is 0 Å². The zero-order chi connectivity index (χ0) is 28.7. The Kier molecular flexibility index (Phi) is 4.18. The van der Waals surface area contributed by atoms with Crippen molar-refractivity contribution in [2.24, 2.45) is 0 Å². The number of carbonyl (C=O) groups excluding carboxylic acids is 2. The molecule has 0 radical (unpaired) electrons. The van der Waals surface area contributed by atoms with Gasteiger partial charge in [0.2, 0.25) is 0 Å². The number of halogens is 2. The number of ketones is 2. The van der Waals surface area contributed by atoms with E-state index in [1.54, 1.807) is 24.3 Å². The average molecular weight is 556 g/mol. The predicted molar refractivity (Wildman–Crippen MR) is 154 cm³/mol. The molecule has 0 fully saturated rings. The molecule has 42 heavy (non-hydrogen) atoms. The second-order valence-electron chi connectivity index (χ2n) is 11.6. The van der Waals surface area contributed by atoms with Crippen LogP contribution in [-0.2, 0) is 5.41 Å². The number of Topliss-reactive ketones (excluding diaryl/α,β-unsaturated/α-hetero) is 2. The summed E-state index contributed by atoms with van der Waals surface area (Å²) < 4.78 is 41.9. The molecule has 1 aliphatic carbocycles. The molecule has 5 nitrogen and oxygen atoms in total. The molecule has 0 amide bonds. The molecule has 202 valence electrons. The van der Waals surface area contributed by atoms with Crippen molar-refractivity contribution < 1.29 is 27.8 Å². The minimum atomic E-state index is -0.715. The number of allylic oxidation sites excluding steroid dienone is 1. The van der Waals surface area contributed by atoms with Crippen molar-refractivity contribution in [2.75, 3.05) is 4.90 Å². The first kappa shape index (κ1) is 23.4. The minimum absolute atomic E-state index is 0.0608. The molecule has 0 bridgehead atoms. The SMILES string of the molecule is CC1(C)c2cc(F)cc3c2N2c4c(cc(F)cc4Oc4cc(C=C5C(=O)c6cc7ccccc7cc6C5=O)cc1c42)O3. The first-order valence-electron chi connectivity index (χ1n) is 13.5. The molecule has 3 heterocycles. The Morgan fingerprint density at radius 1 is 0.667 bits per heavy atom. The standard InChI is InChI=1S/C35H19F2NO4/c1-35(2)24-8-16(7-23-33(39)21-10-17-5-3-4-6-18(17)11-22(21)34(23)40)9-26-30(24)38-31-25(35)12-19(36)13-27(31)42-29-15-20(37)14-28(41-26)32(29)38/h3-15H,1-2H3. The summed E-state index contributed by atoms with van der Waals surface area (Å²) in [6.07, 6.45) is 1.59. The quantitative estimate of drug-likeness (QED) is 0.150. The number of rotatable bonds is 1. The molecule has 5 aromatic carbocycles. The van der Waals surface area contributed by atoms with Crippen molar-refractivity contribution in [1.82, 2.24) is 0 Å². The highest BCUT2D eigenvalue weighted by molar-refractivity contribution is 6.42. The first-order valence-corrected chi connectivity index (χ1v) is 13.5. The second-order valence-corrected chi connectivity index (χ2v) is 11.6. The van der Waals surface area contributed by atoms with Crippen molar-refractivity contribution in [3.05, 3.63) is 118 Å². The van der Waals surface area contributed by atoms with Gasteiger partial charge in [-0.05, 0) is 63.9 Å². The highest BCUT2D eigenvalue weighted by Gasteiger charge is 2.47. The largest absolute Gasteiger partial charge is 0.453 e. The van der Waals surface area contributed by atoms with Gasteiger partial charge in [-0.25, -0.2) is 8.78 Å². The van der Waals surface area contributed by atoms with E-state index in [1.165, 1.54) is 24.3 Å². The van der Waals surface area contributed by atoms with E-state index in [1.807, 2.05) is 49.1 Å². The van der Waals surface area contributed by atoms with Crippen LogP contribution in [0.2, 0.25) is 0 Å². The fourth-order valence-corrected chi connectivity index (χ4v) is 6.81. The molecule has 0 N–H and O–H groups in total. The van der Waals surface area contributed by atoms with Crippen LogP contribution < -0.4 is 14.4 Å². The minimum Gasteiger partial charge on any atom is -0.453 e. The van der Waals surface area contributed by atoms with Crippen LogP contribution in [0.1, 0.15) is 51.3 Å². The fourth-order valence-electron chi connectivity index (χ4n) is 6.81. The van der Waals surface area contributed by atoms with E-state index in [9.17, 15) is 18.4 Å². The van der Waals surface area contributed by atoms with Gasteiger partial charge >= 0.3 is 0 Å². The van der Waals surface area contributed by atoms with Gasteiger partial charge in [0.15, 0.2) is 34.6 Å². The Labute approximate surface area is 238 Å². The molecule has 0 unspecified atom stereocenters. The first-order chi connectivity index (χ1) is 20.2. The lowest BCUT2D eigenvalue weighted by atomic mass is 9.72. The van der Waals surface area contributed by atoms with Crippen molar-refractivity contribution >= 4 is 45.5 Å². The van der Waals surface area contributed by atoms with Gasteiger partial charge in [-0.3, -0.25) is 14.5 Å². The molecule has 3 aliphatic heterocycles. The van der Waals surface area contributed by atoms with E-state index in [0.29, 0.717) is 45.1 Å². The lowest BCUT2D eigenvalue weighted by Gasteiger charge is -2.47. The summed E-state index contributed by atoms with van der Waals surface area (Å²) in [5.41, 5.74) is 4.11. The van der Waals surface area contributed by atoms with Crippen LogP contribution in [0.3, 0.4) is 0 Å². The van der Waals surface area contributed by atoms with Gasteiger partial charge < -0.3 is 9.47 Å². The molecule has 0 spiro atoms. The Morgan fingerprint density at radius 3 is 1.76 bits per heavy atom. The number of nitrogens with zero attached hydrogens (tertiary/aromatic N) is 1. The molecule has 0 aromatic heterocycles. The van der Waals surface area contributed by atoms with Crippen LogP contribution in [-0.4, -0.2) is 11.6 Å². The second kappa shape index (κ2) is 7.50. The molecule has 9 rings (SSSR count). The third-order valence-electron chi connectivity index (χ3n) is 8.77. The van der Waals surface area contributed by atoms with Gasteiger partial charge in [0, 0.05) is 34.7 Å². The number of benzene rings is 5. The zero-order valence-corrected chi connectivity index (χ0v) is 22.3. The molecule has 7 heteroatoms. The maximum absolute atomic E-state index is 14.9. The number of anilines is 3. The van der Waals surface area contributed by atoms with Crippen LogP contribution in [0.15, 0.2) is 78.4 Å². The van der Waals surface area contributed by atoms with Gasteiger partial charge in [-0.2, -0.15) is 0 Å². The zero-order valence-electron chi connectivity index (χ0n) is 22.3. The van der Waals surface area contributed by atoms with Gasteiger partial charge in [0.05, 0.1) is 16.9 Å². The predicted octanol–water partition coefficient (Wildman–Crippen LogP) is 8.90. The summed E-state index contributed by atoms with van der Waals surface area (Å²) in [6, 6.07) is 20.1. The van der Waals surface area contributed by atoms with E-state index >= 15 is 0 Å². The van der Waals surface area contributed by atoms with Gasteiger partial charge in [0.1, 0.15) is 17.3 Å². The van der Waals surface area contributed by atoms with Crippen LogP contribution in [0.4, 0.5) is 25.8 Å². The number of hydrogen-bond donors (Lipinski definition) is 0. The van der Waals surface area contributed by atoms with Crippen molar-refractivity contribution in [2.45, 2.75) is 19.3 Å². The maximum atomic E-state index is 14.9. The number of hydrogen-bond acceptors (Lipinski definition) is 5. The highest BCUT2D eigenvalue weighted by Crippen LogP contribution is 2.66. The van der Waals surface area contributed by atoms with Gasteiger partial charge in [0.25, 0.3) is 0 Å². The highest BCUT2D eigenvalue weighted by atomic mass is 19.1. The van der Waals surface area contributed by atoms with E-state index in [2.05, 4.69) is 0 Å². The summed E-state index contributed by atoms with van der Waals surface area (Å²) >= 11 is 0. The Morgan fingerprint density at radius 2 is 1.17 bits per heavy atom. The molecule has 0 atom stereocenters. The molecule has 0 saturated heterocycles. The summed E-state index contributed by atoms with van der Waals surface area (Å²) in [5.74, 6) is -0.511. The van der Waals surface area contributed by atoms with Crippen molar-refractivity contribution in [3.8, 4) is 23.0 Å². The number of fused-ring (bicyclic) bond motifs is 2. The number of ether oxygens (including phenoxy) is 2. The van der Waals surface area contributed by atoms with Gasteiger partial charge in [-0.15, -0.1) is 0 Å². The number of carbonyl (C=O) groups is 2. The molecule has 4 aliphatic rings. The molecule has 0 saturated carbocycles. The lowest BCUT2D eigenvalue weighted by Crippen LogP contribution is -2.34. The van der Waals surface area contributed by atoms with E-state index in [0.717, 1.165) is 22.0 Å². The van der Waals surface area contributed by atoms with Crippen LogP contribution in [0.5, 0.6) is 23.0 Å². The summed E-state index contributed by atoms with van der Waals surface area (Å²) in [5, 5.41) is 1.76. The van der Waals surface area contributed by atoms with E-state index in [4.69, 9.17) is 9.47 Å². The Balaban J connectivity index is 1.27. The molecule has 5 aromatic rings. The van der Waals surface area contributed by atoms with Gasteiger partial charge in [-0.1, -0.05) is 38.1 Å². The third-order valence-corrected chi connectivity index (χ3v) is 8.77. The van der Waals surface area contributed by atoms with Crippen molar-refractivity contribution in [3.63, 3.8) is 0 Å². The molecular formula is C35H19F2NO4. The Bertz CT molecular complexity index is 2140. The fraction of sp³-hybridized carbons (Fsp3) is 0.0857. The topological polar surface area (TPSA) is 55.8 Å². The normalized spacial score (nSPS) is 16.2. The average Bonchev–Trinajstić information content (AvgIpc) is 3.17. The summed E-state index contributed by atoms with van der Waals surface area (Å²) in [4.78, 5) is 29.0. The monoisotopic (exact) mass is 555 g/mol. The Hall–Kier alpha value is -5.30. The van der Waals surface area contributed by atoms with Crippen LogP contribution in [0, 0.1) is 11.6 Å². The maximum Gasteiger partial charge on any atom is 0.197 e. The van der Waals surface area contributed by atoms with Crippen LogP contribution in [0.25, 0.3) is 16.8 Å². The van der Waals surface area contributed by atoms with E-state index in [-0.39, 0.29) is 28.6 Å². The van der Waals surface area contributed by atoms with E-state index < -0.39 is 17.0 Å². The summed E-state index contributed by atoms with van der Waals surface area (Å²) in [6.45, 7) is 3.96. The molecular weight excluding hydrogens is 536 g/mol. The smallest absolute Gasteiger partial charge is 0.197 e. The third kappa shape index (κ3) is 2.84. The summed E-state index contributed by atoms with van der Waals surface area (Å²) in [7, 11) is 0.